The van der Waals surface area contributed by atoms with Gasteiger partial charge in [-0.3, -0.25) is 4.79 Å². The van der Waals surface area contributed by atoms with Crippen LogP contribution in [0.3, 0.4) is 0 Å². The second-order valence-corrected chi connectivity index (χ2v) is 6.79. The van der Waals surface area contributed by atoms with Gasteiger partial charge in [-0.15, -0.1) is 6.58 Å². The van der Waals surface area contributed by atoms with Crippen LogP contribution in [-0.2, 0) is 6.54 Å². The Labute approximate surface area is 151 Å². The molecule has 0 saturated carbocycles. The van der Waals surface area contributed by atoms with Crippen molar-refractivity contribution < 1.29 is 9.18 Å². The lowest BCUT2D eigenvalue weighted by Crippen LogP contribution is -2.16. The smallest absolute Gasteiger partial charge is 0.281 e. The molecule has 7 heteroatoms. The van der Waals surface area contributed by atoms with Crippen LogP contribution in [0.5, 0.6) is 0 Å². The Hall–Kier alpha value is -1.95. The molecule has 1 heterocycles. The fraction of sp³-hybridized carbons (Fsp3) is 0.0588. The zero-order chi connectivity index (χ0) is 17.3. The number of benzene rings is 2. The van der Waals surface area contributed by atoms with Crippen molar-refractivity contribution in [1.82, 2.24) is 4.57 Å². The Morgan fingerprint density at radius 3 is 2.79 bits per heavy atom. The van der Waals surface area contributed by atoms with Crippen molar-refractivity contribution in [3.8, 4) is 0 Å². The van der Waals surface area contributed by atoms with Crippen LogP contribution in [0.25, 0.3) is 10.2 Å². The summed E-state index contributed by atoms with van der Waals surface area (Å²) in [4.78, 5) is 17.0. The minimum absolute atomic E-state index is 0.235. The molecule has 0 unspecified atom stereocenters. The Balaban J connectivity index is 2.16. The van der Waals surface area contributed by atoms with Gasteiger partial charge < -0.3 is 4.57 Å². The summed E-state index contributed by atoms with van der Waals surface area (Å²) in [6.45, 7) is 4.16. The lowest BCUT2D eigenvalue weighted by molar-refractivity contribution is 0.0998. The molecule has 0 aliphatic heterocycles. The van der Waals surface area contributed by atoms with E-state index in [1.807, 2.05) is 0 Å². The predicted octanol–water partition coefficient (Wildman–Crippen LogP) is 5.08. The molecule has 122 valence electrons. The highest BCUT2D eigenvalue weighted by Crippen LogP contribution is 2.22. The summed E-state index contributed by atoms with van der Waals surface area (Å²) in [5.74, 6) is -0.824. The average Bonchev–Trinajstić information content (AvgIpc) is 2.84. The van der Waals surface area contributed by atoms with Crippen molar-refractivity contribution in [3.63, 3.8) is 0 Å². The monoisotopic (exact) mass is 380 g/mol. The minimum Gasteiger partial charge on any atom is -0.312 e. The maximum atomic E-state index is 13.4. The highest BCUT2D eigenvalue weighted by molar-refractivity contribution is 7.16. The molecule has 0 radical (unpaired) electrons. The number of allylic oxidation sites excluding steroid dienone is 1. The number of amides is 1. The van der Waals surface area contributed by atoms with Gasteiger partial charge in [-0.05, 0) is 36.4 Å². The molecule has 24 heavy (non-hydrogen) atoms. The van der Waals surface area contributed by atoms with Crippen molar-refractivity contribution in [2.75, 3.05) is 0 Å². The predicted molar refractivity (Wildman–Crippen MR) is 96.3 cm³/mol. The van der Waals surface area contributed by atoms with E-state index in [4.69, 9.17) is 23.2 Å². The van der Waals surface area contributed by atoms with Gasteiger partial charge in [0.2, 0.25) is 0 Å². The van der Waals surface area contributed by atoms with E-state index in [9.17, 15) is 9.18 Å². The second-order valence-electron chi connectivity index (χ2n) is 4.94. The van der Waals surface area contributed by atoms with E-state index in [1.165, 1.54) is 35.6 Å². The number of aromatic nitrogens is 1. The number of fused-ring (bicyclic) bond motifs is 1. The summed E-state index contributed by atoms with van der Waals surface area (Å²) >= 11 is 13.1. The molecule has 2 aromatic carbocycles. The van der Waals surface area contributed by atoms with Gasteiger partial charge in [0.25, 0.3) is 5.91 Å². The molecule has 3 nitrogen and oxygen atoms in total. The molecule has 3 aromatic rings. The van der Waals surface area contributed by atoms with Gasteiger partial charge in [0.15, 0.2) is 4.80 Å². The molecule has 0 atom stereocenters. The lowest BCUT2D eigenvalue weighted by atomic mass is 10.2. The maximum absolute atomic E-state index is 13.4. The van der Waals surface area contributed by atoms with Crippen LogP contribution in [0, 0.1) is 5.82 Å². The summed E-state index contributed by atoms with van der Waals surface area (Å²) in [5.41, 5.74) is 1.05. The van der Waals surface area contributed by atoms with Crippen molar-refractivity contribution in [3.05, 3.63) is 75.3 Å². The number of carbonyl (C=O) groups is 1. The van der Waals surface area contributed by atoms with Crippen LogP contribution >= 0.6 is 34.5 Å². The quantitative estimate of drug-likeness (QED) is 0.583. The number of carbonyl (C=O) groups excluding carboxylic acids is 1. The van der Waals surface area contributed by atoms with E-state index in [0.717, 1.165) is 5.52 Å². The lowest BCUT2D eigenvalue weighted by Gasteiger charge is -2.02. The first-order valence-corrected chi connectivity index (χ1v) is 8.50. The molecule has 1 amide bonds. The van der Waals surface area contributed by atoms with Crippen molar-refractivity contribution in [2.24, 2.45) is 4.99 Å². The number of thiazole rings is 1. The molecule has 0 N–H and O–H groups in total. The molecule has 0 saturated heterocycles. The van der Waals surface area contributed by atoms with Crippen LogP contribution in [-0.4, -0.2) is 10.5 Å². The molecule has 0 aliphatic carbocycles. The van der Waals surface area contributed by atoms with Gasteiger partial charge >= 0.3 is 0 Å². The van der Waals surface area contributed by atoms with Crippen LogP contribution in [0.4, 0.5) is 4.39 Å². The molecular formula is C17H11Cl2FN2OS. The van der Waals surface area contributed by atoms with E-state index in [-0.39, 0.29) is 16.4 Å². The van der Waals surface area contributed by atoms with Crippen molar-refractivity contribution in [2.45, 2.75) is 6.54 Å². The first-order chi connectivity index (χ1) is 11.5. The molecular weight excluding hydrogens is 370 g/mol. The summed E-state index contributed by atoms with van der Waals surface area (Å²) in [7, 11) is 0. The fourth-order valence-electron chi connectivity index (χ4n) is 2.25. The number of halogens is 3. The second kappa shape index (κ2) is 6.89. The molecule has 0 fully saturated rings. The Morgan fingerprint density at radius 1 is 1.29 bits per heavy atom. The summed E-state index contributed by atoms with van der Waals surface area (Å²) in [5, 5.41) is 0.675. The molecule has 0 spiro atoms. The largest absolute Gasteiger partial charge is 0.312 e. The normalized spacial score (nSPS) is 11.9. The highest BCUT2D eigenvalue weighted by atomic mass is 35.5. The number of hydrogen-bond acceptors (Lipinski definition) is 2. The average molecular weight is 381 g/mol. The molecule has 0 aliphatic rings. The summed E-state index contributed by atoms with van der Waals surface area (Å²) < 4.78 is 15.9. The van der Waals surface area contributed by atoms with E-state index in [0.29, 0.717) is 21.1 Å². The van der Waals surface area contributed by atoms with Crippen LogP contribution in [0.1, 0.15) is 10.4 Å². The Bertz CT molecular complexity index is 1020. The Kier molecular flexibility index (Phi) is 4.85. The SMILES string of the molecule is C=CCn1c(=NC(=O)c2ccc(Cl)cc2Cl)sc2cc(F)ccc21. The maximum Gasteiger partial charge on any atom is 0.281 e. The van der Waals surface area contributed by atoms with E-state index < -0.39 is 5.91 Å². The van der Waals surface area contributed by atoms with Gasteiger partial charge in [-0.1, -0.05) is 40.6 Å². The van der Waals surface area contributed by atoms with Gasteiger partial charge in [0, 0.05) is 11.6 Å². The molecule has 0 bridgehead atoms. The van der Waals surface area contributed by atoms with Crippen LogP contribution < -0.4 is 4.80 Å². The summed E-state index contributed by atoms with van der Waals surface area (Å²) in [6.07, 6.45) is 1.69. The van der Waals surface area contributed by atoms with E-state index >= 15 is 0 Å². The van der Waals surface area contributed by atoms with Gasteiger partial charge in [-0.2, -0.15) is 4.99 Å². The minimum atomic E-state index is -0.485. The Morgan fingerprint density at radius 2 is 2.08 bits per heavy atom. The molecule has 1 aromatic heterocycles. The summed E-state index contributed by atoms with van der Waals surface area (Å²) in [6, 6.07) is 9.04. The molecule has 3 rings (SSSR count). The third kappa shape index (κ3) is 3.29. The zero-order valence-electron chi connectivity index (χ0n) is 12.3. The first kappa shape index (κ1) is 16.9. The van der Waals surface area contributed by atoms with Crippen molar-refractivity contribution >= 4 is 50.7 Å². The van der Waals surface area contributed by atoms with Crippen LogP contribution in [0.2, 0.25) is 10.0 Å². The standard InChI is InChI=1S/C17H11Cl2FN2OS/c1-2-7-22-14-6-4-11(20)9-15(14)24-17(22)21-16(23)12-5-3-10(18)8-13(12)19/h2-6,8-9H,1,7H2. The third-order valence-corrected chi connectivity index (χ3v) is 4.90. The highest BCUT2D eigenvalue weighted by Gasteiger charge is 2.12. The van der Waals surface area contributed by atoms with E-state index in [2.05, 4.69) is 11.6 Å². The van der Waals surface area contributed by atoms with Crippen LogP contribution in [0.15, 0.2) is 54.0 Å². The van der Waals surface area contributed by atoms with Gasteiger partial charge in [0.1, 0.15) is 5.82 Å². The number of hydrogen-bond donors (Lipinski definition) is 0. The fourth-order valence-corrected chi connectivity index (χ4v) is 3.80. The third-order valence-electron chi connectivity index (χ3n) is 3.32. The zero-order valence-corrected chi connectivity index (χ0v) is 14.6. The number of rotatable bonds is 3. The van der Waals surface area contributed by atoms with Gasteiger partial charge in [-0.25, -0.2) is 4.39 Å². The topological polar surface area (TPSA) is 34.4 Å². The first-order valence-electron chi connectivity index (χ1n) is 6.93. The van der Waals surface area contributed by atoms with Crippen molar-refractivity contribution in [1.29, 1.82) is 0 Å². The number of nitrogens with zero attached hydrogens (tertiary/aromatic N) is 2. The van der Waals surface area contributed by atoms with E-state index in [1.54, 1.807) is 22.8 Å². The van der Waals surface area contributed by atoms with Gasteiger partial charge in [0.05, 0.1) is 20.8 Å².